The van der Waals surface area contributed by atoms with Crippen molar-refractivity contribution in [2.75, 3.05) is 13.1 Å². The molecule has 1 saturated heterocycles. The number of carboxylic acids is 1. The molecule has 0 bridgehead atoms. The van der Waals surface area contributed by atoms with E-state index < -0.39 is 22.6 Å². The van der Waals surface area contributed by atoms with Crippen molar-refractivity contribution in [3.63, 3.8) is 0 Å². The lowest BCUT2D eigenvalue weighted by atomic mass is 9.65. The molecule has 32 heavy (non-hydrogen) atoms. The lowest BCUT2D eigenvalue weighted by molar-refractivity contribution is -0.149. The summed E-state index contributed by atoms with van der Waals surface area (Å²) in [6.07, 6.45) is 3.35. The number of rotatable bonds is 4. The molecule has 6 heteroatoms. The van der Waals surface area contributed by atoms with E-state index in [1.807, 2.05) is 6.92 Å². The maximum atomic E-state index is 14.6. The van der Waals surface area contributed by atoms with Crippen molar-refractivity contribution in [2.24, 2.45) is 5.92 Å². The van der Waals surface area contributed by atoms with Gasteiger partial charge in [-0.15, -0.1) is 0 Å². The average Bonchev–Trinajstić information content (AvgIpc) is 2.80. The van der Waals surface area contributed by atoms with E-state index >= 15 is 0 Å². The maximum Gasteiger partial charge on any atom is 0.314 e. The van der Waals surface area contributed by atoms with Crippen LogP contribution >= 0.6 is 0 Å². The second-order valence-electron chi connectivity index (χ2n) is 9.33. The number of aliphatic carboxylic acids is 1. The van der Waals surface area contributed by atoms with Crippen molar-refractivity contribution in [3.05, 3.63) is 71.3 Å². The quantitative estimate of drug-likeness (QED) is 0.727. The van der Waals surface area contributed by atoms with Crippen molar-refractivity contribution in [3.8, 4) is 6.07 Å². The van der Waals surface area contributed by atoms with Gasteiger partial charge in [-0.25, -0.2) is 8.78 Å². The largest absolute Gasteiger partial charge is 0.481 e. The van der Waals surface area contributed by atoms with E-state index in [1.54, 1.807) is 30.3 Å². The minimum Gasteiger partial charge on any atom is -0.481 e. The Morgan fingerprint density at radius 2 is 1.75 bits per heavy atom. The van der Waals surface area contributed by atoms with Gasteiger partial charge in [0, 0.05) is 18.2 Å². The second-order valence-corrected chi connectivity index (χ2v) is 9.33. The van der Waals surface area contributed by atoms with E-state index in [1.165, 1.54) is 18.2 Å². The number of piperidine rings is 1. The highest BCUT2D eigenvalue weighted by molar-refractivity contribution is 5.82. The summed E-state index contributed by atoms with van der Waals surface area (Å²) in [5.74, 6) is -2.01. The third-order valence-corrected chi connectivity index (χ3v) is 7.81. The summed E-state index contributed by atoms with van der Waals surface area (Å²) in [5.41, 5.74) is -0.718. The van der Waals surface area contributed by atoms with Crippen molar-refractivity contribution in [1.29, 1.82) is 5.26 Å². The molecule has 4 nitrogen and oxygen atoms in total. The predicted octanol–water partition coefficient (Wildman–Crippen LogP) is 5.03. The Morgan fingerprint density at radius 3 is 2.31 bits per heavy atom. The van der Waals surface area contributed by atoms with Crippen molar-refractivity contribution in [2.45, 2.75) is 55.9 Å². The van der Waals surface area contributed by atoms with Gasteiger partial charge in [0.05, 0.1) is 11.5 Å². The molecule has 2 atom stereocenters. The van der Waals surface area contributed by atoms with Gasteiger partial charge in [0.2, 0.25) is 0 Å². The fraction of sp³-hybridized carbons (Fsp3) is 0.462. The zero-order valence-electron chi connectivity index (χ0n) is 18.2. The Labute approximate surface area is 187 Å². The van der Waals surface area contributed by atoms with Crippen LogP contribution in [-0.2, 0) is 15.6 Å². The van der Waals surface area contributed by atoms with Crippen LogP contribution in [0.4, 0.5) is 8.78 Å². The van der Waals surface area contributed by atoms with Crippen LogP contribution in [0.15, 0.2) is 48.5 Å². The Morgan fingerprint density at radius 1 is 1.09 bits per heavy atom. The standard InChI is InChI=1S/C26H28F2N2O2/c1-18-16-30(15-14-26(18,24(31)32)22-4-2-3-5-23(22)28)21-10-12-25(17-29,13-11-21)19-6-8-20(27)9-7-19/h2-9,18,21H,10-16H2,1H3,(H,31,32). The first-order valence-corrected chi connectivity index (χ1v) is 11.2. The third kappa shape index (κ3) is 3.69. The van der Waals surface area contributed by atoms with Crippen LogP contribution in [0.1, 0.15) is 50.2 Å². The Hall–Kier alpha value is -2.78. The van der Waals surface area contributed by atoms with E-state index in [4.69, 9.17) is 0 Å². The fourth-order valence-electron chi connectivity index (χ4n) is 5.85. The smallest absolute Gasteiger partial charge is 0.314 e. The lowest BCUT2D eigenvalue weighted by Crippen LogP contribution is -2.56. The Bertz CT molecular complexity index is 1020. The number of hydrogen-bond donors (Lipinski definition) is 1. The van der Waals surface area contributed by atoms with Gasteiger partial charge in [-0.05, 0) is 68.3 Å². The number of nitrogens with zero attached hydrogens (tertiary/aromatic N) is 2. The molecule has 1 N–H and O–H groups in total. The van der Waals surface area contributed by atoms with Crippen molar-refractivity contribution < 1.29 is 18.7 Å². The molecule has 2 aliphatic rings. The van der Waals surface area contributed by atoms with Gasteiger partial charge in [0.25, 0.3) is 0 Å². The van der Waals surface area contributed by atoms with Gasteiger partial charge < -0.3 is 10.0 Å². The maximum absolute atomic E-state index is 14.6. The minimum absolute atomic E-state index is 0.256. The average molecular weight is 439 g/mol. The number of halogens is 2. The molecule has 168 valence electrons. The van der Waals surface area contributed by atoms with Gasteiger partial charge in [-0.1, -0.05) is 37.3 Å². The Balaban J connectivity index is 1.49. The Kier molecular flexibility index (Phi) is 6.05. The van der Waals surface area contributed by atoms with Crippen LogP contribution in [-0.4, -0.2) is 35.1 Å². The zero-order valence-corrected chi connectivity index (χ0v) is 18.2. The molecular weight excluding hydrogens is 410 g/mol. The first-order chi connectivity index (χ1) is 15.3. The normalized spacial score (nSPS) is 31.1. The number of benzene rings is 2. The molecule has 2 aromatic rings. The molecule has 0 radical (unpaired) electrons. The van der Waals surface area contributed by atoms with Crippen LogP contribution in [0.25, 0.3) is 0 Å². The molecule has 2 aromatic carbocycles. The summed E-state index contributed by atoms with van der Waals surface area (Å²) in [6, 6.07) is 15.2. The summed E-state index contributed by atoms with van der Waals surface area (Å²) in [7, 11) is 0. The first-order valence-electron chi connectivity index (χ1n) is 11.2. The highest BCUT2D eigenvalue weighted by atomic mass is 19.1. The van der Waals surface area contributed by atoms with Crippen LogP contribution in [0.5, 0.6) is 0 Å². The van der Waals surface area contributed by atoms with Gasteiger partial charge in [0.1, 0.15) is 17.0 Å². The van der Waals surface area contributed by atoms with Crippen LogP contribution < -0.4 is 0 Å². The minimum atomic E-state index is -1.24. The van der Waals surface area contributed by atoms with Gasteiger partial charge in [0.15, 0.2) is 0 Å². The van der Waals surface area contributed by atoms with Gasteiger partial charge >= 0.3 is 5.97 Å². The SMILES string of the molecule is CC1CN(C2CCC(C#N)(c3ccc(F)cc3)CC2)CCC1(C(=O)O)c1ccccc1F. The molecule has 4 rings (SSSR count). The van der Waals surface area contributed by atoms with Crippen LogP contribution in [0, 0.1) is 28.9 Å². The number of carboxylic acid groups (broad SMARTS) is 1. The predicted molar refractivity (Wildman–Crippen MR) is 117 cm³/mol. The highest BCUT2D eigenvalue weighted by Gasteiger charge is 2.51. The number of nitriles is 1. The molecule has 0 spiro atoms. The zero-order chi connectivity index (χ0) is 22.9. The molecule has 1 saturated carbocycles. The fourth-order valence-corrected chi connectivity index (χ4v) is 5.85. The van der Waals surface area contributed by atoms with Gasteiger partial charge in [-0.2, -0.15) is 5.26 Å². The highest BCUT2D eigenvalue weighted by Crippen LogP contribution is 2.45. The van der Waals surface area contributed by atoms with Gasteiger partial charge in [-0.3, -0.25) is 4.79 Å². The molecule has 2 fully saturated rings. The molecule has 1 heterocycles. The van der Waals surface area contributed by atoms with E-state index in [0.717, 1.165) is 18.4 Å². The van der Waals surface area contributed by atoms with Crippen molar-refractivity contribution >= 4 is 5.97 Å². The van der Waals surface area contributed by atoms with E-state index in [9.17, 15) is 23.9 Å². The molecular formula is C26H28F2N2O2. The van der Waals surface area contributed by atoms with Crippen LogP contribution in [0.3, 0.4) is 0 Å². The lowest BCUT2D eigenvalue weighted by Gasteiger charge is -2.48. The van der Waals surface area contributed by atoms with E-state index in [-0.39, 0.29) is 23.3 Å². The van der Waals surface area contributed by atoms with E-state index in [0.29, 0.717) is 32.4 Å². The third-order valence-electron chi connectivity index (χ3n) is 7.81. The number of hydrogen-bond acceptors (Lipinski definition) is 3. The summed E-state index contributed by atoms with van der Waals surface area (Å²) in [6.45, 7) is 3.04. The topological polar surface area (TPSA) is 64.3 Å². The van der Waals surface area contributed by atoms with Crippen molar-refractivity contribution in [1.82, 2.24) is 4.90 Å². The first kappa shape index (κ1) is 22.4. The molecule has 1 aliphatic carbocycles. The summed E-state index contributed by atoms with van der Waals surface area (Å²) in [5, 5.41) is 20.1. The number of carbonyl (C=O) groups is 1. The van der Waals surface area contributed by atoms with Crippen LogP contribution in [0.2, 0.25) is 0 Å². The molecule has 0 aromatic heterocycles. The van der Waals surface area contributed by atoms with E-state index in [2.05, 4.69) is 11.0 Å². The summed E-state index contributed by atoms with van der Waals surface area (Å²) >= 11 is 0. The molecule has 0 amide bonds. The summed E-state index contributed by atoms with van der Waals surface area (Å²) < 4.78 is 27.9. The second kappa shape index (κ2) is 8.63. The number of likely N-dealkylation sites (tertiary alicyclic amines) is 1. The molecule has 1 aliphatic heterocycles. The monoisotopic (exact) mass is 438 g/mol. The summed E-state index contributed by atoms with van der Waals surface area (Å²) in [4.78, 5) is 14.7. The molecule has 2 unspecified atom stereocenters.